The Balaban J connectivity index is 1.18. The van der Waals surface area contributed by atoms with E-state index in [1.807, 2.05) is 97.1 Å². The van der Waals surface area contributed by atoms with Gasteiger partial charge in [-0.2, -0.15) is 20.4 Å². The van der Waals surface area contributed by atoms with E-state index in [-0.39, 0.29) is 0 Å². The Morgan fingerprint density at radius 1 is 0.500 bits per heavy atom. The molecule has 4 unspecified atom stereocenters. The van der Waals surface area contributed by atoms with Crippen molar-refractivity contribution < 1.29 is 22.6 Å². The zero-order valence-electron chi connectivity index (χ0n) is 32.5. The summed E-state index contributed by atoms with van der Waals surface area (Å²) in [4.78, 5) is 7.08. The predicted molar refractivity (Wildman–Crippen MR) is 269 cm³/mol. The van der Waals surface area contributed by atoms with Gasteiger partial charge < -0.3 is 22.6 Å². The van der Waals surface area contributed by atoms with Crippen LogP contribution in [0.4, 0.5) is 0 Å². The molecule has 0 saturated heterocycles. The first-order valence-corrected chi connectivity index (χ1v) is 29.0. The van der Waals surface area contributed by atoms with E-state index in [1.165, 1.54) is 0 Å². The second kappa shape index (κ2) is 27.0. The maximum atomic E-state index is 6.03. The third kappa shape index (κ3) is 18.0. The van der Waals surface area contributed by atoms with Crippen molar-refractivity contribution in [2.24, 2.45) is 34.6 Å². The number of hydrogen-bond acceptors (Lipinski definition) is 13. The number of hydrogen-bond donors (Lipinski definition) is 0. The highest BCUT2D eigenvalue weighted by Crippen LogP contribution is 2.33. The van der Waals surface area contributed by atoms with Crippen molar-refractivity contribution in [3.63, 3.8) is 0 Å². The van der Waals surface area contributed by atoms with Crippen molar-refractivity contribution >= 4 is 127 Å². The van der Waals surface area contributed by atoms with Gasteiger partial charge in [0.2, 0.25) is 21.2 Å². The highest BCUT2D eigenvalue weighted by atomic mass is 32.4. The van der Waals surface area contributed by atoms with Crippen molar-refractivity contribution in [2.45, 2.75) is 0 Å². The molecule has 0 aliphatic heterocycles. The van der Waals surface area contributed by atoms with Gasteiger partial charge in [-0.05, 0) is 167 Å². The molecule has 4 rings (SSSR count). The maximum Gasteiger partial charge on any atom is 0.253 e. The molecule has 4 aromatic carbocycles. The van der Waals surface area contributed by atoms with E-state index in [2.05, 4.69) is 43.7 Å². The topological polar surface area (TPSA) is 146 Å². The first kappa shape index (κ1) is 49.5. The van der Waals surface area contributed by atoms with Gasteiger partial charge in [-0.25, -0.2) is 14.3 Å². The van der Waals surface area contributed by atoms with Crippen LogP contribution in [0.5, 0.6) is 23.0 Å². The fraction of sp³-hybridized carbons (Fsp3) is 0.152. The van der Waals surface area contributed by atoms with Gasteiger partial charge in [-0.1, -0.05) is 0 Å². The van der Waals surface area contributed by atoms with Gasteiger partial charge in [-0.3, -0.25) is 4.78 Å². The predicted octanol–water partition coefficient (Wildman–Crippen LogP) is 10.4. The molecular weight excluding hydrogens is 976 g/mol. The lowest BCUT2D eigenvalue weighted by Gasteiger charge is -2.17. The minimum atomic E-state index is -1.89. The Bertz CT molecular complexity index is 2300. The fourth-order valence-electron chi connectivity index (χ4n) is 4.03. The van der Waals surface area contributed by atoms with E-state index in [0.29, 0.717) is 40.1 Å². The molecule has 0 bridgehead atoms. The van der Waals surface area contributed by atoms with Crippen LogP contribution in [0.15, 0.2) is 132 Å². The monoisotopic (exact) mass is 1020 g/mol. The molecule has 16 nitrogen and oxygen atoms in total. The Hall–Kier alpha value is -3.18. The summed E-state index contributed by atoms with van der Waals surface area (Å²) in [6.07, 6.45) is 6.85. The smallest absolute Gasteiger partial charge is 0.253 e. The number of hydrazone groups is 4. The summed E-state index contributed by atoms with van der Waals surface area (Å²) in [5, 5.41) is 17.7. The summed E-state index contributed by atoms with van der Waals surface area (Å²) in [5.74, 6) is 2.58. The van der Waals surface area contributed by atoms with E-state index >= 15 is 0 Å². The Morgan fingerprint density at radius 2 is 0.800 bits per heavy atom. The van der Waals surface area contributed by atoms with E-state index in [4.69, 9.17) is 69.8 Å². The quantitative estimate of drug-likeness (QED) is 0.0395. The van der Waals surface area contributed by atoms with Crippen molar-refractivity contribution in [1.29, 1.82) is 0 Å². The summed E-state index contributed by atoms with van der Waals surface area (Å²) in [6, 6.07) is 29.8. The third-order valence-corrected chi connectivity index (χ3v) is 17.1. The van der Waals surface area contributed by atoms with Gasteiger partial charge in [0.25, 0.3) is 8.60 Å². The minimum Gasteiger partial charge on any atom is -0.450 e. The van der Waals surface area contributed by atoms with Crippen LogP contribution in [0.25, 0.3) is 0 Å². The van der Waals surface area contributed by atoms with Crippen LogP contribution in [0.1, 0.15) is 22.3 Å². The number of rotatable bonds is 23. The summed E-state index contributed by atoms with van der Waals surface area (Å²) in [6.45, 7) is 0. The molecule has 0 aliphatic rings. The maximum absolute atomic E-state index is 6.03. The molecule has 0 spiro atoms. The normalized spacial score (nSPS) is 13.8. The zero-order chi connectivity index (χ0) is 43.3. The first-order valence-electron chi connectivity index (χ1n) is 17.0. The molecular formula is C33H40N11O5P7S4. The van der Waals surface area contributed by atoms with E-state index in [9.17, 15) is 0 Å². The van der Waals surface area contributed by atoms with Gasteiger partial charge in [0.15, 0.2) is 15.6 Å². The largest absolute Gasteiger partial charge is 0.450 e. The summed E-state index contributed by atoms with van der Waals surface area (Å²) in [7, 11) is 5.37. The van der Waals surface area contributed by atoms with Gasteiger partial charge >= 0.3 is 0 Å². The lowest BCUT2D eigenvalue weighted by atomic mass is 10.2. The van der Waals surface area contributed by atoms with E-state index in [0.717, 1.165) is 22.3 Å². The molecule has 0 radical (unpaired) electrons. The number of nitrogens with zero attached hydrogens (tertiary/aromatic N) is 11. The van der Waals surface area contributed by atoms with Gasteiger partial charge in [0, 0.05) is 44.3 Å². The average molecular weight is 1020 g/mol. The molecule has 0 heterocycles. The molecule has 60 heavy (non-hydrogen) atoms. The van der Waals surface area contributed by atoms with E-state index in [1.54, 1.807) is 79.3 Å². The summed E-state index contributed by atoms with van der Waals surface area (Å²) >= 11 is 22.1. The minimum absolute atomic E-state index is 0.423. The Kier molecular flexibility index (Phi) is 22.3. The van der Waals surface area contributed by atoms with Crippen LogP contribution < -0.4 is 18.1 Å². The third-order valence-electron chi connectivity index (χ3n) is 7.19. The molecule has 0 saturated carbocycles. The fourth-order valence-corrected chi connectivity index (χ4v) is 8.54. The zero-order valence-corrected chi connectivity index (χ0v) is 42.6. The lowest BCUT2D eigenvalue weighted by Crippen LogP contribution is -2.04. The van der Waals surface area contributed by atoms with Crippen molar-refractivity contribution in [3.05, 3.63) is 119 Å². The highest BCUT2D eigenvalue weighted by molar-refractivity contribution is 8.02. The molecule has 4 atom stereocenters. The van der Waals surface area contributed by atoms with Crippen LogP contribution in [-0.4, -0.2) is 79.3 Å². The molecule has 4 aromatic rings. The summed E-state index contributed by atoms with van der Waals surface area (Å²) in [5.41, 5.74) is 3.48. The Morgan fingerprint density at radius 3 is 1.10 bits per heavy atom. The van der Waals surface area contributed by atoms with Crippen molar-refractivity contribution in [3.8, 4) is 23.0 Å². The molecule has 0 aromatic heterocycles. The van der Waals surface area contributed by atoms with Crippen molar-refractivity contribution in [1.82, 2.24) is 19.1 Å². The highest BCUT2D eigenvalue weighted by Gasteiger charge is 2.07. The van der Waals surface area contributed by atoms with E-state index < -0.39 is 28.3 Å². The SMILES string of the molecule is CO[PH](=S)N(C)N=Cc1ccc(O[PH](=S)N(C)N=Cc2ccc(O[PH](=S)N(C)N=Cc3ccc(O[PH](=S)N(C)N=Cc4ccc(O/P=N\P=N\N=P)cc4)cc3)cc2)cc1. The van der Waals surface area contributed by atoms with Gasteiger partial charge in [-0.15, -0.1) is 14.2 Å². The van der Waals surface area contributed by atoms with Crippen LogP contribution in [0.3, 0.4) is 0 Å². The van der Waals surface area contributed by atoms with Crippen LogP contribution in [0.2, 0.25) is 0 Å². The van der Waals surface area contributed by atoms with Gasteiger partial charge in [0.05, 0.1) is 24.9 Å². The molecule has 316 valence electrons. The molecule has 27 heteroatoms. The number of benzene rings is 4. The first-order chi connectivity index (χ1) is 28.9. The lowest BCUT2D eigenvalue weighted by molar-refractivity contribution is 0.421. The van der Waals surface area contributed by atoms with Crippen LogP contribution in [0, 0.1) is 0 Å². The van der Waals surface area contributed by atoms with Crippen molar-refractivity contribution in [2.75, 3.05) is 35.3 Å². The molecule has 0 fully saturated rings. The van der Waals surface area contributed by atoms with Gasteiger partial charge in [0.1, 0.15) is 23.0 Å². The Labute approximate surface area is 378 Å². The molecule has 0 amide bonds. The standard InChI is InChI=1S/C33H40N11O5P7S4/c1-41(53(57)45-5)34-22-27-8-16-31(17-9-27)47-55(59)43(3)36-24-29-12-20-33(21-13-29)49-56(60)44(4)37-25-28-10-18-32(19-11-28)48-54(58)42(2)35-23-26-6-14-30(15-7-26)46-52-40-51-39-38-50/h6-25,50,53-56H,1-5H3. The summed E-state index contributed by atoms with van der Waals surface area (Å²) < 4.78 is 39.3. The molecule has 0 N–H and O–H groups in total. The van der Waals surface area contributed by atoms with Crippen LogP contribution >= 0.6 is 54.5 Å². The average Bonchev–Trinajstić information content (AvgIpc) is 3.27. The van der Waals surface area contributed by atoms with Crippen LogP contribution in [-0.2, 0) is 51.8 Å². The second-order valence-corrected chi connectivity index (χ2v) is 23.0. The molecule has 0 aliphatic carbocycles. The second-order valence-electron chi connectivity index (χ2n) is 11.5.